The number of rotatable bonds is 7. The van der Waals surface area contributed by atoms with Crippen LogP contribution in [-0.4, -0.2) is 42.3 Å². The maximum absolute atomic E-state index is 13.6. The van der Waals surface area contributed by atoms with Crippen molar-refractivity contribution in [2.24, 2.45) is 0 Å². The van der Waals surface area contributed by atoms with Crippen molar-refractivity contribution >= 4 is 24.1 Å². The summed E-state index contributed by atoms with van der Waals surface area (Å²) in [4.78, 5) is 26.5. The predicted octanol–water partition coefficient (Wildman–Crippen LogP) is 3.34. The van der Waals surface area contributed by atoms with Crippen LogP contribution in [0.3, 0.4) is 0 Å². The molecule has 1 aromatic carbocycles. The molecule has 1 N–H and O–H groups in total. The van der Waals surface area contributed by atoms with E-state index in [9.17, 15) is 18.4 Å². The number of halogens is 3. The molecule has 4 nitrogen and oxygen atoms in total. The lowest BCUT2D eigenvalue weighted by molar-refractivity contribution is -0.134. The van der Waals surface area contributed by atoms with Gasteiger partial charge in [0.25, 0.3) is 0 Å². The maximum Gasteiger partial charge on any atom is 0.223 e. The van der Waals surface area contributed by atoms with Crippen LogP contribution in [0.1, 0.15) is 49.4 Å². The molecule has 0 aliphatic carbocycles. The highest BCUT2D eigenvalue weighted by Gasteiger charge is 2.25. The van der Waals surface area contributed by atoms with Crippen LogP contribution in [-0.2, 0) is 4.79 Å². The van der Waals surface area contributed by atoms with Crippen LogP contribution in [0.5, 0.6) is 0 Å². The lowest BCUT2D eigenvalue weighted by Crippen LogP contribution is -2.46. The third kappa shape index (κ3) is 6.04. The summed E-state index contributed by atoms with van der Waals surface area (Å²) in [6, 6.07) is 3.08. The Morgan fingerprint density at radius 3 is 2.48 bits per heavy atom. The van der Waals surface area contributed by atoms with Crippen LogP contribution in [0.2, 0.25) is 0 Å². The van der Waals surface area contributed by atoms with Gasteiger partial charge in [0, 0.05) is 31.5 Å². The minimum Gasteiger partial charge on any atom is -0.340 e. The van der Waals surface area contributed by atoms with Crippen LogP contribution < -0.4 is 5.32 Å². The maximum atomic E-state index is 13.6. The number of carbonyl (C=O) groups excluding carboxylic acids is 2. The molecule has 0 aromatic heterocycles. The van der Waals surface area contributed by atoms with Gasteiger partial charge in [0.15, 0.2) is 5.78 Å². The molecular formula is C18H25ClF2N2O2. The van der Waals surface area contributed by atoms with Crippen molar-refractivity contribution in [1.82, 2.24) is 10.2 Å². The molecule has 0 atom stereocenters. The molecule has 0 bridgehead atoms. The second kappa shape index (κ2) is 10.5. The smallest absolute Gasteiger partial charge is 0.223 e. The Labute approximate surface area is 153 Å². The van der Waals surface area contributed by atoms with Crippen LogP contribution in [0.25, 0.3) is 0 Å². The summed E-state index contributed by atoms with van der Waals surface area (Å²) in [5.74, 6) is -2.14. The van der Waals surface area contributed by atoms with Gasteiger partial charge >= 0.3 is 0 Å². The SMILES string of the molecule is CCCN(C(=O)CCC(=O)c1ccc(F)cc1F)C1CCNCC1.Cl. The van der Waals surface area contributed by atoms with Crippen LogP contribution >= 0.6 is 12.4 Å². The van der Waals surface area contributed by atoms with Gasteiger partial charge in [-0.15, -0.1) is 12.4 Å². The molecule has 0 spiro atoms. The molecule has 0 unspecified atom stereocenters. The molecule has 7 heteroatoms. The molecule has 140 valence electrons. The standard InChI is InChI=1S/C18H24F2N2O2.ClH/c1-2-11-22(14-7-9-21-10-8-14)18(24)6-5-17(23)15-4-3-13(19)12-16(15)20;/h3-4,12,14,21H,2,5-11H2,1H3;1H. The second-order valence-electron chi connectivity index (χ2n) is 6.12. The Hall–Kier alpha value is -1.53. The van der Waals surface area contributed by atoms with Crippen LogP contribution in [0, 0.1) is 11.6 Å². The fourth-order valence-electron chi connectivity index (χ4n) is 3.08. The third-order valence-corrected chi connectivity index (χ3v) is 4.33. The van der Waals surface area contributed by atoms with Gasteiger partial charge in [0.05, 0.1) is 5.56 Å². The molecule has 2 rings (SSSR count). The van der Waals surface area contributed by atoms with Gasteiger partial charge in [-0.05, 0) is 44.5 Å². The first-order chi connectivity index (χ1) is 11.5. The van der Waals surface area contributed by atoms with Gasteiger partial charge in [0.2, 0.25) is 5.91 Å². The summed E-state index contributed by atoms with van der Waals surface area (Å²) in [5.41, 5.74) is -0.159. The van der Waals surface area contributed by atoms with Gasteiger partial charge in [-0.1, -0.05) is 6.92 Å². The number of carbonyl (C=O) groups is 2. The molecule has 1 aromatic rings. The average molecular weight is 375 g/mol. The van der Waals surface area contributed by atoms with Crippen molar-refractivity contribution in [3.63, 3.8) is 0 Å². The molecule has 0 radical (unpaired) electrons. The monoisotopic (exact) mass is 374 g/mol. The first kappa shape index (κ1) is 21.5. The fourth-order valence-corrected chi connectivity index (χ4v) is 3.08. The number of Topliss-reactive ketones (excluding diaryl/α,β-unsaturated/α-hetero) is 1. The highest BCUT2D eigenvalue weighted by atomic mass is 35.5. The fraction of sp³-hybridized carbons (Fsp3) is 0.556. The average Bonchev–Trinajstić information content (AvgIpc) is 2.58. The normalized spacial score (nSPS) is 14.7. The van der Waals surface area contributed by atoms with E-state index in [1.807, 2.05) is 11.8 Å². The molecule has 1 aliphatic heterocycles. The molecule has 1 saturated heterocycles. The van der Waals surface area contributed by atoms with E-state index in [1.165, 1.54) is 0 Å². The molecule has 1 fully saturated rings. The number of hydrogen-bond donors (Lipinski definition) is 1. The quantitative estimate of drug-likeness (QED) is 0.745. The van der Waals surface area contributed by atoms with E-state index >= 15 is 0 Å². The van der Waals surface area contributed by atoms with Gasteiger partial charge < -0.3 is 10.2 Å². The third-order valence-electron chi connectivity index (χ3n) is 4.33. The summed E-state index contributed by atoms with van der Waals surface area (Å²) < 4.78 is 26.5. The molecule has 1 heterocycles. The van der Waals surface area contributed by atoms with Crippen LogP contribution in [0.4, 0.5) is 8.78 Å². The summed E-state index contributed by atoms with van der Waals surface area (Å²) in [6.45, 7) is 4.46. The Morgan fingerprint density at radius 2 is 1.88 bits per heavy atom. The van der Waals surface area contributed by atoms with E-state index < -0.39 is 17.4 Å². The second-order valence-corrected chi connectivity index (χ2v) is 6.12. The molecule has 0 saturated carbocycles. The van der Waals surface area contributed by atoms with Crippen molar-refractivity contribution in [2.75, 3.05) is 19.6 Å². The first-order valence-corrected chi connectivity index (χ1v) is 8.51. The van der Waals surface area contributed by atoms with Crippen molar-refractivity contribution in [3.05, 3.63) is 35.4 Å². The lowest BCUT2D eigenvalue weighted by Gasteiger charge is -2.34. The zero-order chi connectivity index (χ0) is 17.5. The number of nitrogens with one attached hydrogen (secondary N) is 1. The molecular weight excluding hydrogens is 350 g/mol. The van der Waals surface area contributed by atoms with Crippen molar-refractivity contribution in [2.45, 2.75) is 45.1 Å². The number of nitrogens with zero attached hydrogens (tertiary/aromatic N) is 1. The number of piperidine rings is 1. The van der Waals surface area contributed by atoms with E-state index in [4.69, 9.17) is 0 Å². The van der Waals surface area contributed by atoms with Gasteiger partial charge in [-0.25, -0.2) is 8.78 Å². The number of hydrogen-bond acceptors (Lipinski definition) is 3. The zero-order valence-corrected chi connectivity index (χ0v) is 15.2. The van der Waals surface area contributed by atoms with Crippen molar-refractivity contribution in [3.8, 4) is 0 Å². The summed E-state index contributed by atoms with van der Waals surface area (Å²) in [7, 11) is 0. The number of benzene rings is 1. The largest absolute Gasteiger partial charge is 0.340 e. The van der Waals surface area contributed by atoms with E-state index in [-0.39, 0.29) is 42.8 Å². The molecule has 25 heavy (non-hydrogen) atoms. The number of amides is 1. The Bertz CT molecular complexity index is 592. The van der Waals surface area contributed by atoms with E-state index in [2.05, 4.69) is 5.32 Å². The molecule has 1 amide bonds. The Kier molecular flexibility index (Phi) is 9.00. The summed E-state index contributed by atoms with van der Waals surface area (Å²) >= 11 is 0. The summed E-state index contributed by atoms with van der Waals surface area (Å²) in [5, 5.41) is 3.27. The summed E-state index contributed by atoms with van der Waals surface area (Å²) in [6.07, 6.45) is 2.67. The first-order valence-electron chi connectivity index (χ1n) is 8.51. The van der Waals surface area contributed by atoms with E-state index in [0.717, 1.165) is 44.5 Å². The van der Waals surface area contributed by atoms with Gasteiger partial charge in [-0.3, -0.25) is 9.59 Å². The topological polar surface area (TPSA) is 49.4 Å². The minimum atomic E-state index is -0.879. The highest BCUT2D eigenvalue weighted by Crippen LogP contribution is 2.17. The van der Waals surface area contributed by atoms with E-state index in [0.29, 0.717) is 12.6 Å². The minimum absolute atomic E-state index is 0. The van der Waals surface area contributed by atoms with Crippen molar-refractivity contribution < 1.29 is 18.4 Å². The molecule has 1 aliphatic rings. The highest BCUT2D eigenvalue weighted by molar-refractivity contribution is 5.98. The Morgan fingerprint density at radius 1 is 1.20 bits per heavy atom. The van der Waals surface area contributed by atoms with Crippen LogP contribution in [0.15, 0.2) is 18.2 Å². The predicted molar refractivity (Wildman–Crippen MR) is 95.1 cm³/mol. The Balaban J connectivity index is 0.00000312. The number of ketones is 1. The lowest BCUT2D eigenvalue weighted by atomic mass is 10.0. The van der Waals surface area contributed by atoms with Gasteiger partial charge in [0.1, 0.15) is 11.6 Å². The van der Waals surface area contributed by atoms with Gasteiger partial charge in [-0.2, -0.15) is 0 Å². The van der Waals surface area contributed by atoms with E-state index in [1.54, 1.807) is 0 Å². The zero-order valence-electron chi connectivity index (χ0n) is 14.4. The van der Waals surface area contributed by atoms with Crippen molar-refractivity contribution in [1.29, 1.82) is 0 Å².